The SMILES string of the molecule is CN(CC1CCCOC1)C(=O)c1cc(N)cc(F)c1. The van der Waals surface area contributed by atoms with E-state index in [-0.39, 0.29) is 17.2 Å². The van der Waals surface area contributed by atoms with Crippen LogP contribution in [0.3, 0.4) is 0 Å². The molecular formula is C14H19FN2O2. The van der Waals surface area contributed by atoms with Gasteiger partial charge in [-0.2, -0.15) is 0 Å². The molecule has 5 heteroatoms. The number of carbonyl (C=O) groups is 1. The standard InChI is InChI=1S/C14H19FN2O2/c1-17(8-10-3-2-4-19-9-10)14(18)11-5-12(15)7-13(16)6-11/h5-7,10H,2-4,8-9,16H2,1H3. The smallest absolute Gasteiger partial charge is 0.253 e. The molecule has 1 heterocycles. The number of anilines is 1. The Bertz CT molecular complexity index is 439. The minimum atomic E-state index is -0.488. The van der Waals surface area contributed by atoms with Crippen molar-refractivity contribution >= 4 is 11.6 Å². The Balaban J connectivity index is 2.01. The number of nitrogen functional groups attached to an aromatic ring is 1. The lowest BCUT2D eigenvalue weighted by molar-refractivity contribution is 0.0388. The Morgan fingerprint density at radius 3 is 2.95 bits per heavy atom. The second-order valence-electron chi connectivity index (χ2n) is 5.04. The van der Waals surface area contributed by atoms with Crippen LogP contribution in [0.2, 0.25) is 0 Å². The van der Waals surface area contributed by atoms with Gasteiger partial charge in [0.25, 0.3) is 5.91 Å². The summed E-state index contributed by atoms with van der Waals surface area (Å²) in [4.78, 5) is 13.8. The molecule has 1 aromatic carbocycles. The molecule has 1 aliphatic heterocycles. The Labute approximate surface area is 112 Å². The number of hydrogen-bond donors (Lipinski definition) is 1. The first-order chi connectivity index (χ1) is 9.06. The van der Waals surface area contributed by atoms with Crippen LogP contribution in [0, 0.1) is 11.7 Å². The summed E-state index contributed by atoms with van der Waals surface area (Å²) in [6.45, 7) is 2.10. The summed E-state index contributed by atoms with van der Waals surface area (Å²) in [5.41, 5.74) is 6.10. The van der Waals surface area contributed by atoms with Crippen LogP contribution in [0.15, 0.2) is 18.2 Å². The molecule has 0 saturated carbocycles. The van der Waals surface area contributed by atoms with Crippen LogP contribution >= 0.6 is 0 Å². The monoisotopic (exact) mass is 266 g/mol. The third-order valence-corrected chi connectivity index (χ3v) is 3.30. The average Bonchev–Trinajstić information content (AvgIpc) is 2.37. The van der Waals surface area contributed by atoms with E-state index in [4.69, 9.17) is 10.5 Å². The van der Waals surface area contributed by atoms with Gasteiger partial charge in [0, 0.05) is 31.5 Å². The lowest BCUT2D eigenvalue weighted by atomic mass is 10.0. The lowest BCUT2D eigenvalue weighted by Crippen LogP contribution is -2.35. The predicted octanol–water partition coefficient (Wildman–Crippen LogP) is 1.91. The molecule has 0 radical (unpaired) electrons. The number of benzene rings is 1. The van der Waals surface area contributed by atoms with Crippen LogP contribution in [0.4, 0.5) is 10.1 Å². The highest BCUT2D eigenvalue weighted by molar-refractivity contribution is 5.94. The van der Waals surface area contributed by atoms with E-state index in [0.29, 0.717) is 19.1 Å². The second-order valence-corrected chi connectivity index (χ2v) is 5.04. The predicted molar refractivity (Wildman–Crippen MR) is 71.3 cm³/mol. The highest BCUT2D eigenvalue weighted by Gasteiger charge is 2.20. The largest absolute Gasteiger partial charge is 0.399 e. The number of nitrogens with zero attached hydrogens (tertiary/aromatic N) is 1. The topological polar surface area (TPSA) is 55.6 Å². The average molecular weight is 266 g/mol. The van der Waals surface area contributed by atoms with Gasteiger partial charge in [0.1, 0.15) is 5.82 Å². The van der Waals surface area contributed by atoms with Gasteiger partial charge in [-0.15, -0.1) is 0 Å². The van der Waals surface area contributed by atoms with Gasteiger partial charge in [-0.1, -0.05) is 0 Å². The number of nitrogens with two attached hydrogens (primary N) is 1. The van der Waals surface area contributed by atoms with E-state index in [2.05, 4.69) is 0 Å². The first-order valence-corrected chi connectivity index (χ1v) is 6.45. The van der Waals surface area contributed by atoms with Crippen LogP contribution in [-0.4, -0.2) is 37.6 Å². The van der Waals surface area contributed by atoms with Crippen molar-refractivity contribution in [2.24, 2.45) is 5.92 Å². The van der Waals surface area contributed by atoms with Crippen LogP contribution < -0.4 is 5.73 Å². The zero-order chi connectivity index (χ0) is 13.8. The van der Waals surface area contributed by atoms with E-state index in [0.717, 1.165) is 19.4 Å². The van der Waals surface area contributed by atoms with Crippen LogP contribution in [0.5, 0.6) is 0 Å². The minimum absolute atomic E-state index is 0.211. The maximum Gasteiger partial charge on any atom is 0.253 e. The summed E-state index contributed by atoms with van der Waals surface area (Å²) in [7, 11) is 1.72. The van der Waals surface area contributed by atoms with E-state index in [1.165, 1.54) is 18.2 Å². The highest BCUT2D eigenvalue weighted by atomic mass is 19.1. The Morgan fingerprint density at radius 1 is 1.53 bits per heavy atom. The van der Waals surface area contributed by atoms with Crippen molar-refractivity contribution in [3.63, 3.8) is 0 Å². The molecule has 19 heavy (non-hydrogen) atoms. The summed E-state index contributed by atoms with van der Waals surface area (Å²) in [6, 6.07) is 3.91. The molecule has 2 rings (SSSR count). The fraction of sp³-hybridized carbons (Fsp3) is 0.500. The number of rotatable bonds is 3. The number of ether oxygens (including phenoxy) is 1. The lowest BCUT2D eigenvalue weighted by Gasteiger charge is -2.27. The van der Waals surface area contributed by atoms with Crippen molar-refractivity contribution < 1.29 is 13.9 Å². The van der Waals surface area contributed by atoms with Crippen LogP contribution in [0.25, 0.3) is 0 Å². The van der Waals surface area contributed by atoms with Gasteiger partial charge >= 0.3 is 0 Å². The van der Waals surface area contributed by atoms with E-state index < -0.39 is 5.82 Å². The summed E-state index contributed by atoms with van der Waals surface area (Å²) in [5, 5.41) is 0. The molecule has 0 aromatic heterocycles. The third kappa shape index (κ3) is 3.67. The first kappa shape index (κ1) is 13.8. The molecule has 0 aliphatic carbocycles. The summed E-state index contributed by atoms with van der Waals surface area (Å²) in [6.07, 6.45) is 2.09. The Hall–Kier alpha value is -1.62. The van der Waals surface area contributed by atoms with Gasteiger partial charge in [-0.05, 0) is 37.0 Å². The number of amides is 1. The highest BCUT2D eigenvalue weighted by Crippen LogP contribution is 2.17. The van der Waals surface area contributed by atoms with Crippen LogP contribution in [0.1, 0.15) is 23.2 Å². The molecule has 1 fully saturated rings. The van der Waals surface area contributed by atoms with Crippen LogP contribution in [-0.2, 0) is 4.74 Å². The number of hydrogen-bond acceptors (Lipinski definition) is 3. The molecule has 1 amide bonds. The Kier molecular flexibility index (Phi) is 4.37. The molecule has 1 aliphatic rings. The molecule has 0 bridgehead atoms. The maximum atomic E-state index is 13.2. The zero-order valence-electron chi connectivity index (χ0n) is 11.1. The van der Waals surface area contributed by atoms with E-state index in [1.54, 1.807) is 11.9 Å². The molecular weight excluding hydrogens is 247 g/mol. The summed E-state index contributed by atoms with van der Waals surface area (Å²) in [5.74, 6) is -0.344. The molecule has 104 valence electrons. The molecule has 2 N–H and O–H groups in total. The number of carbonyl (C=O) groups excluding carboxylic acids is 1. The van der Waals surface area contributed by atoms with Gasteiger partial charge < -0.3 is 15.4 Å². The summed E-state index contributed by atoms with van der Waals surface area (Å²) >= 11 is 0. The van der Waals surface area contributed by atoms with E-state index in [1.807, 2.05) is 0 Å². The minimum Gasteiger partial charge on any atom is -0.399 e. The molecule has 4 nitrogen and oxygen atoms in total. The maximum absolute atomic E-state index is 13.2. The first-order valence-electron chi connectivity index (χ1n) is 6.45. The van der Waals surface area contributed by atoms with Gasteiger partial charge in [0.2, 0.25) is 0 Å². The van der Waals surface area contributed by atoms with Gasteiger partial charge in [-0.25, -0.2) is 4.39 Å². The zero-order valence-corrected chi connectivity index (χ0v) is 11.1. The van der Waals surface area contributed by atoms with Crippen molar-refractivity contribution in [1.29, 1.82) is 0 Å². The van der Waals surface area contributed by atoms with E-state index in [9.17, 15) is 9.18 Å². The Morgan fingerprint density at radius 2 is 2.32 bits per heavy atom. The quantitative estimate of drug-likeness (QED) is 0.850. The molecule has 1 atom stereocenters. The molecule has 1 aromatic rings. The number of halogens is 1. The molecule has 1 unspecified atom stereocenters. The van der Waals surface area contributed by atoms with Crippen molar-refractivity contribution in [1.82, 2.24) is 4.90 Å². The van der Waals surface area contributed by atoms with Crippen molar-refractivity contribution in [3.05, 3.63) is 29.6 Å². The fourth-order valence-corrected chi connectivity index (χ4v) is 2.38. The van der Waals surface area contributed by atoms with Gasteiger partial charge in [0.15, 0.2) is 0 Å². The van der Waals surface area contributed by atoms with Crippen molar-refractivity contribution in [3.8, 4) is 0 Å². The summed E-state index contributed by atoms with van der Waals surface area (Å²) < 4.78 is 18.6. The van der Waals surface area contributed by atoms with Crippen molar-refractivity contribution in [2.45, 2.75) is 12.8 Å². The molecule has 0 spiro atoms. The fourth-order valence-electron chi connectivity index (χ4n) is 2.38. The third-order valence-electron chi connectivity index (χ3n) is 3.30. The second kappa shape index (κ2) is 6.02. The van der Waals surface area contributed by atoms with E-state index >= 15 is 0 Å². The van der Waals surface area contributed by atoms with Crippen molar-refractivity contribution in [2.75, 3.05) is 32.5 Å². The molecule has 1 saturated heterocycles. The normalized spacial score (nSPS) is 19.2. The van der Waals surface area contributed by atoms with Gasteiger partial charge in [-0.3, -0.25) is 4.79 Å². The van der Waals surface area contributed by atoms with Gasteiger partial charge in [0.05, 0.1) is 6.61 Å².